The molecule has 0 aliphatic carbocycles. The minimum atomic E-state index is -4.70. The molecule has 1 aromatic heterocycles. The van der Waals surface area contributed by atoms with Crippen LogP contribution >= 0.6 is 0 Å². The quantitative estimate of drug-likeness (QED) is 0.0867. The summed E-state index contributed by atoms with van der Waals surface area (Å²) in [5.74, 6) is -1.25. The van der Waals surface area contributed by atoms with Crippen molar-refractivity contribution >= 4 is 22.0 Å². The van der Waals surface area contributed by atoms with Gasteiger partial charge < -0.3 is 21.2 Å². The van der Waals surface area contributed by atoms with Crippen LogP contribution in [0.1, 0.15) is 18.4 Å². The average molecular weight is 515 g/mol. The number of hydrazine groups is 1. The number of aromatic nitrogens is 1. The third kappa shape index (κ3) is 6.39. The van der Waals surface area contributed by atoms with Crippen molar-refractivity contribution in [3.8, 4) is 17.0 Å². The third-order valence-electron chi connectivity index (χ3n) is 5.15. The molecule has 1 heterocycles. The number of esters is 1. The monoisotopic (exact) mass is 514 g/mol. The summed E-state index contributed by atoms with van der Waals surface area (Å²) in [7, 11) is -4.70. The van der Waals surface area contributed by atoms with Crippen LogP contribution in [0, 0.1) is 17.0 Å². The zero-order valence-corrected chi connectivity index (χ0v) is 20.2. The van der Waals surface area contributed by atoms with Gasteiger partial charge in [0.1, 0.15) is 5.75 Å². The van der Waals surface area contributed by atoms with Crippen LogP contribution in [0.5, 0.6) is 5.75 Å². The van der Waals surface area contributed by atoms with Gasteiger partial charge in [-0.2, -0.15) is 8.42 Å². The summed E-state index contributed by atoms with van der Waals surface area (Å²) in [6.07, 6.45) is 1.22. The molecule has 0 bridgehead atoms. The number of hydrogen-bond acceptors (Lipinski definition) is 7. The van der Waals surface area contributed by atoms with Crippen molar-refractivity contribution in [3.05, 3.63) is 82.5 Å². The van der Waals surface area contributed by atoms with E-state index in [9.17, 15) is 23.3 Å². The van der Waals surface area contributed by atoms with Gasteiger partial charge in [0.15, 0.2) is 11.0 Å². The van der Waals surface area contributed by atoms with Crippen LogP contribution in [-0.4, -0.2) is 47.4 Å². The largest absolute Gasteiger partial charge is 0.423 e. The number of H-pyrrole nitrogens is 1. The van der Waals surface area contributed by atoms with Crippen LogP contribution in [0.2, 0.25) is 0 Å². The summed E-state index contributed by atoms with van der Waals surface area (Å²) in [4.78, 5) is 31.5. The van der Waals surface area contributed by atoms with Crippen molar-refractivity contribution in [3.63, 3.8) is 0 Å². The zero-order chi connectivity index (χ0) is 26.3. The molecule has 36 heavy (non-hydrogen) atoms. The molecule has 0 saturated carbocycles. The number of carbonyl (C=O) groups is 1. The second-order valence-corrected chi connectivity index (χ2v) is 9.62. The fourth-order valence-corrected chi connectivity index (χ4v) is 4.80. The summed E-state index contributed by atoms with van der Waals surface area (Å²) >= 11 is 0. The molecule has 2 aromatic carbocycles. The maximum Gasteiger partial charge on any atom is 0.341 e. The highest BCUT2D eigenvalue weighted by Crippen LogP contribution is 2.26. The van der Waals surface area contributed by atoms with Crippen molar-refractivity contribution in [1.82, 2.24) is 9.40 Å². The lowest BCUT2D eigenvalue weighted by molar-refractivity contribution is -0.625. The number of nitrogens with zero attached hydrogens (tertiary/aromatic N) is 3. The number of aliphatic imine (C=N–C) groups is 1. The molecule has 3 aromatic rings. The van der Waals surface area contributed by atoms with E-state index in [0.29, 0.717) is 5.69 Å². The molecular weight excluding hydrogens is 488 g/mol. The second-order valence-electron chi connectivity index (χ2n) is 7.83. The van der Waals surface area contributed by atoms with Gasteiger partial charge in [0.05, 0.1) is 4.90 Å². The van der Waals surface area contributed by atoms with E-state index in [1.54, 1.807) is 6.92 Å². The van der Waals surface area contributed by atoms with Crippen LogP contribution in [-0.2, 0) is 14.8 Å². The predicted octanol–water partition coefficient (Wildman–Crippen LogP) is 2.20. The molecule has 0 aliphatic rings. The molecule has 3 rings (SSSR count). The van der Waals surface area contributed by atoms with Crippen molar-refractivity contribution in [2.24, 2.45) is 16.5 Å². The van der Waals surface area contributed by atoms with Gasteiger partial charge in [-0.25, -0.2) is 14.9 Å². The molecule has 1 atom stereocenters. The lowest BCUT2D eigenvalue weighted by Gasteiger charge is -2.22. The Bertz CT molecular complexity index is 1330. The number of sulfonamides is 1. The SMILES string of the molecule is Cc1ccc(S(=O)(=O)N([C@@H](CCCN=C(N)N)C(=O)Oc2c[nH]c(-c3ccccc3)c2)[N+](=O)[O-])cc1. The van der Waals surface area contributed by atoms with Crippen molar-refractivity contribution < 1.29 is 23.0 Å². The molecule has 0 unspecified atom stereocenters. The number of carbonyl (C=O) groups excluding carboxylic acids is 1. The van der Waals surface area contributed by atoms with Gasteiger partial charge in [-0.05, 0) is 37.5 Å². The summed E-state index contributed by atoms with van der Waals surface area (Å²) in [6, 6.07) is 14.4. The van der Waals surface area contributed by atoms with E-state index < -0.39 is 27.1 Å². The predicted molar refractivity (Wildman–Crippen MR) is 133 cm³/mol. The maximum absolute atomic E-state index is 13.2. The molecule has 5 N–H and O–H groups in total. The van der Waals surface area contributed by atoms with Gasteiger partial charge in [-0.15, -0.1) is 0 Å². The lowest BCUT2D eigenvalue weighted by atomic mass is 10.1. The number of nitrogens with one attached hydrogen (secondary N) is 1. The standard InChI is InChI=1S/C23H26N6O6S/c1-16-9-11-19(12-10-16)36(33,34)28(29(31)32)21(8-5-13-26-23(24)25)22(30)35-18-14-20(27-15-18)17-6-3-2-4-7-17/h2-4,6-7,9-12,14-15,21,27H,5,8,13H2,1H3,(H4,24,25,26)/t21-/m0/s1. The van der Waals surface area contributed by atoms with Crippen LogP contribution in [0.15, 0.2) is 76.7 Å². The Morgan fingerprint density at radius 2 is 1.83 bits per heavy atom. The Balaban J connectivity index is 1.91. The fourth-order valence-electron chi connectivity index (χ4n) is 3.40. The Morgan fingerprint density at radius 1 is 1.17 bits per heavy atom. The van der Waals surface area contributed by atoms with E-state index in [0.717, 1.165) is 11.1 Å². The molecule has 13 heteroatoms. The summed E-state index contributed by atoms with van der Waals surface area (Å²) in [5.41, 5.74) is 12.8. The highest BCUT2D eigenvalue weighted by atomic mass is 32.2. The Hall–Kier alpha value is -4.39. The number of aryl methyl sites for hydroxylation is 1. The number of rotatable bonds is 11. The lowest BCUT2D eigenvalue weighted by Crippen LogP contribution is -2.49. The molecule has 12 nitrogen and oxygen atoms in total. The number of aromatic amines is 1. The first-order valence-electron chi connectivity index (χ1n) is 10.9. The van der Waals surface area contributed by atoms with E-state index in [2.05, 4.69) is 9.98 Å². The van der Waals surface area contributed by atoms with Crippen molar-refractivity contribution in [2.75, 3.05) is 6.54 Å². The van der Waals surface area contributed by atoms with Gasteiger partial charge in [0.2, 0.25) is 6.04 Å². The average Bonchev–Trinajstić information content (AvgIpc) is 3.29. The van der Waals surface area contributed by atoms with Crippen LogP contribution < -0.4 is 16.2 Å². The van der Waals surface area contributed by atoms with Crippen LogP contribution in [0.25, 0.3) is 11.3 Å². The number of hydrogen-bond donors (Lipinski definition) is 3. The number of ether oxygens (including phenoxy) is 1. The smallest absolute Gasteiger partial charge is 0.341 e. The minimum absolute atomic E-state index is 0.0323. The molecular formula is C23H26N6O6S. The molecule has 0 amide bonds. The van der Waals surface area contributed by atoms with Crippen LogP contribution in [0.3, 0.4) is 0 Å². The van der Waals surface area contributed by atoms with Crippen molar-refractivity contribution in [2.45, 2.75) is 30.7 Å². The number of nitro groups is 1. The van der Waals surface area contributed by atoms with E-state index in [-0.39, 0.29) is 40.4 Å². The number of benzene rings is 2. The van der Waals surface area contributed by atoms with Crippen molar-refractivity contribution in [1.29, 1.82) is 0 Å². The van der Waals surface area contributed by atoms with E-state index in [1.807, 2.05) is 30.3 Å². The van der Waals surface area contributed by atoms with Gasteiger partial charge >= 0.3 is 16.0 Å². The maximum atomic E-state index is 13.2. The fraction of sp³-hybridized carbons (Fsp3) is 0.217. The molecule has 0 saturated heterocycles. The summed E-state index contributed by atoms with van der Waals surface area (Å²) in [5, 5.41) is 10.9. The molecule has 0 radical (unpaired) electrons. The highest BCUT2D eigenvalue weighted by molar-refractivity contribution is 7.89. The van der Waals surface area contributed by atoms with Gasteiger partial charge in [0, 0.05) is 28.9 Å². The topological polar surface area (TPSA) is 187 Å². The van der Waals surface area contributed by atoms with E-state index >= 15 is 0 Å². The highest BCUT2D eigenvalue weighted by Gasteiger charge is 2.45. The van der Waals surface area contributed by atoms with E-state index in [4.69, 9.17) is 16.2 Å². The van der Waals surface area contributed by atoms with Gasteiger partial charge in [-0.3, -0.25) is 4.99 Å². The zero-order valence-electron chi connectivity index (χ0n) is 19.4. The molecule has 0 fully saturated rings. The summed E-state index contributed by atoms with van der Waals surface area (Å²) < 4.78 is 31.7. The Morgan fingerprint density at radius 3 is 2.44 bits per heavy atom. The van der Waals surface area contributed by atoms with Gasteiger partial charge in [0.25, 0.3) is 0 Å². The molecule has 0 spiro atoms. The first-order chi connectivity index (χ1) is 17.1. The normalized spacial score (nSPS) is 11.9. The number of guanidine groups is 1. The van der Waals surface area contributed by atoms with E-state index in [1.165, 1.54) is 36.5 Å². The Kier molecular flexibility index (Phi) is 8.27. The molecule has 0 aliphatic heterocycles. The van der Waals surface area contributed by atoms with Crippen LogP contribution in [0.4, 0.5) is 0 Å². The third-order valence-corrected chi connectivity index (χ3v) is 6.90. The minimum Gasteiger partial charge on any atom is -0.423 e. The number of nitrogens with two attached hydrogens (primary N) is 2. The second kappa shape index (κ2) is 11.4. The summed E-state index contributed by atoms with van der Waals surface area (Å²) in [6.45, 7) is 1.77. The molecule has 190 valence electrons. The first-order valence-corrected chi connectivity index (χ1v) is 12.3. The Labute approximate surface area is 207 Å². The first kappa shape index (κ1) is 26.2. The van der Waals surface area contributed by atoms with Gasteiger partial charge in [-0.1, -0.05) is 48.0 Å².